The van der Waals surface area contributed by atoms with E-state index in [1.165, 1.54) is 15.9 Å². The molecule has 0 heterocycles. The van der Waals surface area contributed by atoms with Crippen molar-refractivity contribution in [1.82, 2.24) is 0 Å². The summed E-state index contributed by atoms with van der Waals surface area (Å²) in [7, 11) is -2.21. The van der Waals surface area contributed by atoms with E-state index in [1.807, 2.05) is 54.6 Å². The first-order chi connectivity index (χ1) is 14.7. The van der Waals surface area contributed by atoms with Crippen LogP contribution in [0.4, 0.5) is 0 Å². The van der Waals surface area contributed by atoms with Gasteiger partial charge in [-0.25, -0.2) is 0 Å². The van der Waals surface area contributed by atoms with Gasteiger partial charge < -0.3 is 17.0 Å². The summed E-state index contributed by atoms with van der Waals surface area (Å²) in [6.07, 6.45) is 0.400. The lowest BCUT2D eigenvalue weighted by Gasteiger charge is -2.27. The second kappa shape index (κ2) is 10.3. The molecule has 0 aromatic heterocycles. The first-order valence-electron chi connectivity index (χ1n) is 9.82. The van der Waals surface area contributed by atoms with E-state index in [4.69, 9.17) is 5.26 Å². The Morgan fingerprint density at radius 3 is 1.39 bits per heavy atom. The average Bonchev–Trinajstić information content (AvgIpc) is 2.84. The number of benzene rings is 4. The molecule has 0 unspecified atom stereocenters. The van der Waals surface area contributed by atoms with Gasteiger partial charge in [-0.1, -0.05) is 54.6 Å². The van der Waals surface area contributed by atoms with Crippen LogP contribution < -0.4 is 32.9 Å². The van der Waals surface area contributed by atoms with Crippen LogP contribution in [0.1, 0.15) is 15.9 Å². The molecule has 4 aromatic carbocycles. The van der Waals surface area contributed by atoms with E-state index in [9.17, 15) is 4.79 Å². The van der Waals surface area contributed by atoms with E-state index in [2.05, 4.69) is 42.5 Å². The molecular weight excluding hydrogens is 465 g/mol. The second-order valence-corrected chi connectivity index (χ2v) is 10.6. The quantitative estimate of drug-likeness (QED) is 0.308. The van der Waals surface area contributed by atoms with Gasteiger partial charge in [-0.2, -0.15) is 5.26 Å². The highest BCUT2D eigenvalue weighted by molar-refractivity contribution is 7.96. The molecular formula is C27H21BrNOP. The Labute approximate surface area is 194 Å². The minimum Gasteiger partial charge on any atom is -1.00 e. The summed E-state index contributed by atoms with van der Waals surface area (Å²) in [5.74, 6) is 0.0874. The fourth-order valence-electron chi connectivity index (χ4n) is 3.81. The number of rotatable bonds is 6. The van der Waals surface area contributed by atoms with Gasteiger partial charge in [0.05, 0.1) is 11.6 Å². The van der Waals surface area contributed by atoms with E-state index >= 15 is 0 Å². The number of carbonyl (C=O) groups is 1. The third kappa shape index (κ3) is 4.67. The topological polar surface area (TPSA) is 40.9 Å². The van der Waals surface area contributed by atoms with Gasteiger partial charge in [0.1, 0.15) is 29.3 Å². The van der Waals surface area contributed by atoms with Crippen molar-refractivity contribution in [2.24, 2.45) is 0 Å². The predicted molar refractivity (Wildman–Crippen MR) is 126 cm³/mol. The van der Waals surface area contributed by atoms with Gasteiger partial charge in [0, 0.05) is 5.56 Å². The van der Waals surface area contributed by atoms with Crippen LogP contribution >= 0.6 is 7.26 Å². The molecule has 0 amide bonds. The molecule has 0 aliphatic carbocycles. The summed E-state index contributed by atoms with van der Waals surface area (Å²) in [4.78, 5) is 13.5. The monoisotopic (exact) mass is 485 g/mol. The molecule has 0 aliphatic rings. The zero-order valence-corrected chi connectivity index (χ0v) is 19.3. The van der Waals surface area contributed by atoms with E-state index in [0.717, 1.165) is 0 Å². The van der Waals surface area contributed by atoms with Crippen LogP contribution in [-0.4, -0.2) is 11.9 Å². The predicted octanol–water partition coefficient (Wildman–Crippen LogP) is 1.74. The summed E-state index contributed by atoms with van der Waals surface area (Å²) >= 11 is 0. The molecule has 0 aliphatic heterocycles. The minimum atomic E-state index is -2.21. The zero-order chi connectivity index (χ0) is 20.8. The van der Waals surface area contributed by atoms with Crippen LogP contribution in [0.5, 0.6) is 0 Å². The van der Waals surface area contributed by atoms with Gasteiger partial charge in [0.2, 0.25) is 5.78 Å². The molecule has 0 bridgehead atoms. The number of carbonyl (C=O) groups excluding carboxylic acids is 1. The molecule has 0 fully saturated rings. The molecule has 0 atom stereocenters. The summed E-state index contributed by atoms with van der Waals surface area (Å²) < 4.78 is 0. The Hall–Kier alpha value is -3.05. The summed E-state index contributed by atoms with van der Waals surface area (Å²) in [5, 5.41) is 12.6. The zero-order valence-electron chi connectivity index (χ0n) is 16.9. The Morgan fingerprint density at radius 2 is 1.03 bits per heavy atom. The first-order valence-corrected chi connectivity index (χ1v) is 11.8. The van der Waals surface area contributed by atoms with Crippen molar-refractivity contribution in [1.29, 1.82) is 5.26 Å². The number of hydrogen-bond donors (Lipinski definition) is 0. The van der Waals surface area contributed by atoms with Crippen molar-refractivity contribution in [3.63, 3.8) is 0 Å². The molecule has 4 heteroatoms. The summed E-state index contributed by atoms with van der Waals surface area (Å²) in [5.41, 5.74) is 1.20. The molecule has 2 nitrogen and oxygen atoms in total. The molecule has 0 saturated heterocycles. The van der Waals surface area contributed by atoms with Gasteiger partial charge in [-0.3, -0.25) is 4.79 Å². The Balaban J connectivity index is 0.00000272. The van der Waals surface area contributed by atoms with E-state index < -0.39 is 7.26 Å². The number of halogens is 1. The standard InChI is InChI=1S/C27H21NOP.BrH/c28-20-22-16-18-23(19-17-22)27(29)21-30(24-10-4-1-5-11-24,25-12-6-2-7-13-25)26-14-8-3-9-15-26;/h1-19H,21H2;1H/q+1;/p-1. The van der Waals surface area contributed by atoms with Gasteiger partial charge in [0.15, 0.2) is 0 Å². The Bertz CT molecular complexity index is 1070. The van der Waals surface area contributed by atoms with E-state index in [-0.39, 0.29) is 22.8 Å². The first kappa shape index (κ1) is 22.6. The van der Waals surface area contributed by atoms with Crippen LogP contribution in [-0.2, 0) is 0 Å². The van der Waals surface area contributed by atoms with Crippen molar-refractivity contribution in [2.45, 2.75) is 0 Å². The SMILES string of the molecule is N#Cc1ccc(C(=O)C[P+](c2ccccc2)(c2ccccc2)c2ccccc2)cc1.[Br-]. The lowest BCUT2D eigenvalue weighted by atomic mass is 10.1. The lowest BCUT2D eigenvalue weighted by molar-refractivity contribution is -0.0000138. The molecule has 4 aromatic rings. The molecule has 4 rings (SSSR count). The van der Waals surface area contributed by atoms with Crippen molar-refractivity contribution < 1.29 is 21.8 Å². The van der Waals surface area contributed by atoms with Crippen LogP contribution in [0.2, 0.25) is 0 Å². The number of hydrogen-bond acceptors (Lipinski definition) is 2. The van der Waals surface area contributed by atoms with Crippen LogP contribution in [0.25, 0.3) is 0 Å². The van der Waals surface area contributed by atoms with Crippen molar-refractivity contribution in [3.8, 4) is 6.07 Å². The van der Waals surface area contributed by atoms with Crippen LogP contribution in [0.3, 0.4) is 0 Å². The van der Waals surface area contributed by atoms with Gasteiger partial charge in [-0.15, -0.1) is 0 Å². The lowest BCUT2D eigenvalue weighted by Crippen LogP contribution is -3.00. The highest BCUT2D eigenvalue weighted by Crippen LogP contribution is 2.55. The number of ketones is 1. The average molecular weight is 486 g/mol. The van der Waals surface area contributed by atoms with Crippen molar-refractivity contribution >= 4 is 29.0 Å². The van der Waals surface area contributed by atoms with Gasteiger partial charge in [-0.05, 0) is 60.7 Å². The minimum absolute atomic E-state index is 0. The third-order valence-electron chi connectivity index (χ3n) is 5.31. The number of nitrogens with zero attached hydrogens (tertiary/aromatic N) is 1. The highest BCUT2D eigenvalue weighted by Gasteiger charge is 2.47. The van der Waals surface area contributed by atoms with E-state index in [1.54, 1.807) is 24.3 Å². The Kier molecular flexibility index (Phi) is 7.53. The van der Waals surface area contributed by atoms with Crippen LogP contribution in [0.15, 0.2) is 115 Å². The maximum Gasteiger partial charge on any atom is 0.201 e. The number of nitriles is 1. The highest BCUT2D eigenvalue weighted by atomic mass is 79.9. The second-order valence-electron chi connectivity index (χ2n) is 7.09. The molecule has 0 N–H and O–H groups in total. The fraction of sp³-hybridized carbons (Fsp3) is 0.0370. The van der Waals surface area contributed by atoms with E-state index in [0.29, 0.717) is 17.3 Å². The largest absolute Gasteiger partial charge is 1.00 e. The normalized spacial score (nSPS) is 10.5. The van der Waals surface area contributed by atoms with Gasteiger partial charge in [0.25, 0.3) is 0 Å². The van der Waals surface area contributed by atoms with Crippen molar-refractivity contribution in [3.05, 3.63) is 126 Å². The molecule has 152 valence electrons. The number of Topliss-reactive ketones (excluding diaryl/α,β-unsaturated/α-hetero) is 1. The maximum absolute atomic E-state index is 13.5. The molecule has 0 spiro atoms. The Morgan fingerprint density at radius 1 is 0.645 bits per heavy atom. The smallest absolute Gasteiger partial charge is 0.201 e. The molecule has 0 radical (unpaired) electrons. The molecule has 0 saturated carbocycles. The van der Waals surface area contributed by atoms with Crippen molar-refractivity contribution in [2.75, 3.05) is 6.16 Å². The fourth-order valence-corrected chi connectivity index (χ4v) is 7.90. The van der Waals surface area contributed by atoms with Gasteiger partial charge >= 0.3 is 0 Å². The molecule has 31 heavy (non-hydrogen) atoms. The third-order valence-corrected chi connectivity index (χ3v) is 9.61. The maximum atomic E-state index is 13.5. The van der Waals surface area contributed by atoms with Crippen LogP contribution in [0, 0.1) is 11.3 Å². The summed E-state index contributed by atoms with van der Waals surface area (Å²) in [6, 6.07) is 40.2. The summed E-state index contributed by atoms with van der Waals surface area (Å²) in [6.45, 7) is 0.